The lowest BCUT2D eigenvalue weighted by atomic mass is 10.1. The molecule has 0 unspecified atom stereocenters. The Morgan fingerprint density at radius 3 is 2.61 bits per heavy atom. The second-order valence-corrected chi connectivity index (χ2v) is 3.73. The Balaban J connectivity index is 2.34. The maximum Gasteiger partial charge on any atom is 0.330 e. The van der Waals surface area contributed by atoms with Crippen molar-refractivity contribution in [3.8, 4) is 11.5 Å². The van der Waals surface area contributed by atoms with Crippen LogP contribution in [-0.2, 0) is 9.59 Å². The van der Waals surface area contributed by atoms with Gasteiger partial charge in [-0.25, -0.2) is 4.79 Å². The molecule has 0 radical (unpaired) electrons. The molecule has 0 aliphatic heterocycles. The molecule has 0 spiro atoms. The summed E-state index contributed by atoms with van der Waals surface area (Å²) in [6.45, 7) is 3.36. The SMILES string of the molecule is C=C(CCCC(=O)Oc1cccc(O)c1)C(=O)O. The molecule has 0 saturated carbocycles. The van der Waals surface area contributed by atoms with Crippen molar-refractivity contribution in [3.63, 3.8) is 0 Å². The van der Waals surface area contributed by atoms with Crippen molar-refractivity contribution in [1.82, 2.24) is 0 Å². The van der Waals surface area contributed by atoms with E-state index in [1.54, 1.807) is 12.1 Å². The first-order chi connectivity index (χ1) is 8.49. The van der Waals surface area contributed by atoms with Crippen LogP contribution in [0.4, 0.5) is 0 Å². The van der Waals surface area contributed by atoms with Gasteiger partial charge in [-0.15, -0.1) is 0 Å². The number of phenolic OH excluding ortho intramolecular Hbond substituents is 1. The van der Waals surface area contributed by atoms with Crippen LogP contribution in [0.25, 0.3) is 0 Å². The number of rotatable bonds is 6. The molecule has 0 atom stereocenters. The largest absolute Gasteiger partial charge is 0.508 e. The van der Waals surface area contributed by atoms with Crippen molar-refractivity contribution in [2.45, 2.75) is 19.3 Å². The van der Waals surface area contributed by atoms with E-state index in [1.807, 2.05) is 0 Å². The molecule has 0 saturated heterocycles. The van der Waals surface area contributed by atoms with E-state index >= 15 is 0 Å². The van der Waals surface area contributed by atoms with E-state index in [0.717, 1.165) is 0 Å². The molecule has 18 heavy (non-hydrogen) atoms. The highest BCUT2D eigenvalue weighted by atomic mass is 16.5. The first kappa shape index (κ1) is 13.8. The van der Waals surface area contributed by atoms with Crippen LogP contribution in [-0.4, -0.2) is 22.2 Å². The summed E-state index contributed by atoms with van der Waals surface area (Å²) in [6.07, 6.45) is 0.704. The first-order valence-corrected chi connectivity index (χ1v) is 5.40. The number of ether oxygens (including phenoxy) is 1. The summed E-state index contributed by atoms with van der Waals surface area (Å²) in [6, 6.07) is 5.90. The summed E-state index contributed by atoms with van der Waals surface area (Å²) in [5, 5.41) is 17.7. The van der Waals surface area contributed by atoms with E-state index in [4.69, 9.17) is 14.9 Å². The highest BCUT2D eigenvalue weighted by Gasteiger charge is 2.08. The first-order valence-electron chi connectivity index (χ1n) is 5.40. The highest BCUT2D eigenvalue weighted by molar-refractivity contribution is 5.85. The van der Waals surface area contributed by atoms with Gasteiger partial charge < -0.3 is 14.9 Å². The van der Waals surface area contributed by atoms with Crippen LogP contribution in [0.15, 0.2) is 36.4 Å². The van der Waals surface area contributed by atoms with Crippen LogP contribution in [0.1, 0.15) is 19.3 Å². The Morgan fingerprint density at radius 1 is 1.28 bits per heavy atom. The van der Waals surface area contributed by atoms with E-state index in [2.05, 4.69) is 6.58 Å². The Labute approximate surface area is 104 Å². The molecule has 1 rings (SSSR count). The van der Waals surface area contributed by atoms with Crippen LogP contribution >= 0.6 is 0 Å². The molecule has 0 aromatic heterocycles. The Bertz CT molecular complexity index is 464. The maximum absolute atomic E-state index is 11.4. The molecule has 1 aromatic carbocycles. The third kappa shape index (κ3) is 4.69. The average molecular weight is 250 g/mol. The van der Waals surface area contributed by atoms with Crippen LogP contribution in [0, 0.1) is 0 Å². The summed E-state index contributed by atoms with van der Waals surface area (Å²) >= 11 is 0. The minimum Gasteiger partial charge on any atom is -0.508 e. The number of aliphatic carboxylic acids is 1. The number of benzene rings is 1. The summed E-state index contributed by atoms with van der Waals surface area (Å²) < 4.78 is 4.96. The minimum absolute atomic E-state index is 0.0135. The quantitative estimate of drug-likeness (QED) is 0.459. The normalized spacial score (nSPS) is 9.78. The Morgan fingerprint density at radius 2 is 2.00 bits per heavy atom. The molecule has 5 heteroatoms. The van der Waals surface area contributed by atoms with E-state index in [-0.39, 0.29) is 29.9 Å². The number of carboxylic acid groups (broad SMARTS) is 1. The fourth-order valence-corrected chi connectivity index (χ4v) is 1.28. The Kier molecular flexibility index (Phi) is 4.92. The predicted molar refractivity (Wildman–Crippen MR) is 64.4 cm³/mol. The average Bonchev–Trinajstić information content (AvgIpc) is 2.28. The van der Waals surface area contributed by atoms with E-state index in [0.29, 0.717) is 6.42 Å². The zero-order valence-corrected chi connectivity index (χ0v) is 9.76. The number of hydrogen-bond acceptors (Lipinski definition) is 4. The Hall–Kier alpha value is -2.30. The molecule has 0 aliphatic carbocycles. The van der Waals surface area contributed by atoms with E-state index in [9.17, 15) is 9.59 Å². The van der Waals surface area contributed by atoms with Gasteiger partial charge in [0, 0.05) is 18.1 Å². The van der Waals surface area contributed by atoms with Gasteiger partial charge in [0.1, 0.15) is 11.5 Å². The third-order valence-corrected chi connectivity index (χ3v) is 2.21. The fraction of sp³-hybridized carbons (Fsp3) is 0.231. The molecule has 1 aromatic rings. The summed E-state index contributed by atoms with van der Waals surface area (Å²) in [7, 11) is 0. The molecular formula is C13H14O5. The number of phenols is 1. The lowest BCUT2D eigenvalue weighted by Crippen LogP contribution is -2.08. The van der Waals surface area contributed by atoms with Gasteiger partial charge in [-0.05, 0) is 25.0 Å². The number of carboxylic acids is 1. The van der Waals surface area contributed by atoms with Crippen molar-refractivity contribution in [2.75, 3.05) is 0 Å². The summed E-state index contributed by atoms with van der Waals surface area (Å²) in [5.74, 6) is -1.26. The molecule has 96 valence electrons. The van der Waals surface area contributed by atoms with E-state index in [1.165, 1.54) is 12.1 Å². The van der Waals surface area contributed by atoms with Crippen LogP contribution in [0.3, 0.4) is 0 Å². The monoisotopic (exact) mass is 250 g/mol. The number of hydrogen-bond donors (Lipinski definition) is 2. The van der Waals surface area contributed by atoms with Crippen LogP contribution in [0.5, 0.6) is 11.5 Å². The predicted octanol–water partition coefficient (Wildman–Crippen LogP) is 2.11. The van der Waals surface area contributed by atoms with Gasteiger partial charge in [0.25, 0.3) is 0 Å². The highest BCUT2D eigenvalue weighted by Crippen LogP contribution is 2.18. The zero-order valence-electron chi connectivity index (χ0n) is 9.76. The number of carbonyl (C=O) groups is 2. The summed E-state index contributed by atoms with van der Waals surface area (Å²) in [5.41, 5.74) is 0.0696. The molecule has 2 N–H and O–H groups in total. The van der Waals surface area contributed by atoms with Crippen molar-refractivity contribution < 1.29 is 24.5 Å². The molecule has 0 amide bonds. The van der Waals surface area contributed by atoms with E-state index < -0.39 is 11.9 Å². The number of carbonyl (C=O) groups excluding carboxylic acids is 1. The zero-order chi connectivity index (χ0) is 13.5. The van der Waals surface area contributed by atoms with Crippen molar-refractivity contribution >= 4 is 11.9 Å². The lowest BCUT2D eigenvalue weighted by molar-refractivity contribution is -0.135. The van der Waals surface area contributed by atoms with Gasteiger partial charge in [-0.2, -0.15) is 0 Å². The molecule has 0 aliphatic rings. The second kappa shape index (κ2) is 6.44. The van der Waals surface area contributed by atoms with Crippen LogP contribution < -0.4 is 4.74 Å². The maximum atomic E-state index is 11.4. The standard InChI is InChI=1S/C13H14O5/c1-9(13(16)17)4-2-7-12(15)18-11-6-3-5-10(14)8-11/h3,5-6,8,14H,1-2,4,7H2,(H,16,17). The lowest BCUT2D eigenvalue weighted by Gasteiger charge is -2.04. The fourth-order valence-electron chi connectivity index (χ4n) is 1.28. The molecule has 0 bridgehead atoms. The van der Waals surface area contributed by atoms with Gasteiger partial charge in [0.05, 0.1) is 0 Å². The molecule has 0 heterocycles. The van der Waals surface area contributed by atoms with Gasteiger partial charge in [-0.1, -0.05) is 12.6 Å². The molecular weight excluding hydrogens is 236 g/mol. The van der Waals surface area contributed by atoms with Gasteiger partial charge in [-0.3, -0.25) is 4.79 Å². The molecule has 0 fully saturated rings. The third-order valence-electron chi connectivity index (χ3n) is 2.21. The second-order valence-electron chi connectivity index (χ2n) is 3.73. The number of aromatic hydroxyl groups is 1. The van der Waals surface area contributed by atoms with Crippen molar-refractivity contribution in [3.05, 3.63) is 36.4 Å². The van der Waals surface area contributed by atoms with Gasteiger partial charge in [0.2, 0.25) is 0 Å². The van der Waals surface area contributed by atoms with Crippen molar-refractivity contribution in [2.24, 2.45) is 0 Å². The topological polar surface area (TPSA) is 83.8 Å². The van der Waals surface area contributed by atoms with Crippen LogP contribution in [0.2, 0.25) is 0 Å². The number of esters is 1. The summed E-state index contributed by atoms with van der Waals surface area (Å²) in [4.78, 5) is 21.9. The minimum atomic E-state index is -1.06. The smallest absolute Gasteiger partial charge is 0.330 e. The van der Waals surface area contributed by atoms with Crippen molar-refractivity contribution in [1.29, 1.82) is 0 Å². The van der Waals surface area contributed by atoms with Gasteiger partial charge >= 0.3 is 11.9 Å². The van der Waals surface area contributed by atoms with Gasteiger partial charge in [0.15, 0.2) is 0 Å². The molecule has 5 nitrogen and oxygen atoms in total.